The van der Waals surface area contributed by atoms with Crippen LogP contribution in [0.2, 0.25) is 0 Å². The highest BCUT2D eigenvalue weighted by Gasteiger charge is 2.18. The van der Waals surface area contributed by atoms with E-state index in [0.717, 1.165) is 13.2 Å². The van der Waals surface area contributed by atoms with Crippen molar-refractivity contribution >= 4 is 0 Å². The van der Waals surface area contributed by atoms with Gasteiger partial charge in [0.1, 0.15) is 0 Å². The van der Waals surface area contributed by atoms with Crippen molar-refractivity contribution in [1.82, 2.24) is 4.90 Å². The van der Waals surface area contributed by atoms with Gasteiger partial charge in [-0.05, 0) is 37.9 Å². The fraction of sp³-hybridized carbons (Fsp3) is 0.667. The first-order chi connectivity index (χ1) is 9.90. The molecule has 20 heavy (non-hydrogen) atoms. The molecule has 1 atom stereocenters. The molecule has 0 aromatic heterocycles. The summed E-state index contributed by atoms with van der Waals surface area (Å²) in [5.74, 6) is 0. The molecule has 112 valence electrons. The molecule has 2 heteroatoms. The van der Waals surface area contributed by atoms with Crippen LogP contribution in [0.1, 0.15) is 57.1 Å². The van der Waals surface area contributed by atoms with Gasteiger partial charge in [0.15, 0.2) is 0 Å². The quantitative estimate of drug-likeness (QED) is 0.651. The zero-order valence-corrected chi connectivity index (χ0v) is 12.9. The molecule has 1 aromatic carbocycles. The number of piperidine rings is 1. The average molecular weight is 275 g/mol. The zero-order valence-electron chi connectivity index (χ0n) is 12.9. The van der Waals surface area contributed by atoms with E-state index >= 15 is 0 Å². The number of hydrogen-bond donors (Lipinski definition) is 0. The molecule has 1 unspecified atom stereocenters. The van der Waals surface area contributed by atoms with E-state index in [-0.39, 0.29) is 6.10 Å². The second kappa shape index (κ2) is 9.15. The van der Waals surface area contributed by atoms with Gasteiger partial charge in [0.05, 0.1) is 6.10 Å². The van der Waals surface area contributed by atoms with Crippen LogP contribution in [-0.2, 0) is 4.74 Å². The first kappa shape index (κ1) is 15.5. The number of benzene rings is 1. The molecule has 1 aliphatic rings. The highest BCUT2D eigenvalue weighted by atomic mass is 16.5. The highest BCUT2D eigenvalue weighted by Crippen LogP contribution is 2.21. The van der Waals surface area contributed by atoms with Crippen LogP contribution in [0.5, 0.6) is 0 Å². The van der Waals surface area contributed by atoms with Crippen LogP contribution < -0.4 is 0 Å². The van der Waals surface area contributed by atoms with Gasteiger partial charge in [-0.2, -0.15) is 0 Å². The van der Waals surface area contributed by atoms with Crippen LogP contribution in [-0.4, -0.2) is 31.1 Å². The first-order valence-corrected chi connectivity index (χ1v) is 8.29. The fourth-order valence-electron chi connectivity index (χ4n) is 2.88. The van der Waals surface area contributed by atoms with Gasteiger partial charge in [0.25, 0.3) is 0 Å². The summed E-state index contributed by atoms with van der Waals surface area (Å²) in [6.07, 6.45) is 8.03. The fourth-order valence-corrected chi connectivity index (χ4v) is 2.88. The van der Waals surface area contributed by atoms with Gasteiger partial charge in [-0.25, -0.2) is 0 Å². The third kappa shape index (κ3) is 5.26. The van der Waals surface area contributed by atoms with Crippen molar-refractivity contribution in [2.75, 3.05) is 26.2 Å². The lowest BCUT2D eigenvalue weighted by Gasteiger charge is -2.30. The number of rotatable bonds is 8. The molecule has 0 aliphatic carbocycles. The Morgan fingerprint density at radius 1 is 1.05 bits per heavy atom. The molecule has 0 bridgehead atoms. The lowest BCUT2D eigenvalue weighted by Crippen LogP contribution is -2.34. The van der Waals surface area contributed by atoms with E-state index in [4.69, 9.17) is 4.74 Å². The normalized spacial score (nSPS) is 18.1. The lowest BCUT2D eigenvalue weighted by molar-refractivity contribution is 0.0188. The molecule has 1 fully saturated rings. The second-order valence-corrected chi connectivity index (χ2v) is 5.84. The van der Waals surface area contributed by atoms with Gasteiger partial charge in [0.2, 0.25) is 0 Å². The van der Waals surface area contributed by atoms with Gasteiger partial charge < -0.3 is 9.64 Å². The Labute approximate surface area is 124 Å². The molecule has 1 aromatic rings. The van der Waals surface area contributed by atoms with E-state index in [2.05, 4.69) is 42.2 Å². The van der Waals surface area contributed by atoms with Crippen LogP contribution in [0.25, 0.3) is 0 Å². The predicted octanol–water partition coefficient (Wildman–Crippen LogP) is 4.42. The van der Waals surface area contributed by atoms with Crippen molar-refractivity contribution in [2.24, 2.45) is 0 Å². The average Bonchev–Trinajstić information content (AvgIpc) is 2.52. The summed E-state index contributed by atoms with van der Waals surface area (Å²) in [4.78, 5) is 2.57. The molecule has 0 radical (unpaired) electrons. The molecule has 2 nitrogen and oxygen atoms in total. The molecule has 1 aliphatic heterocycles. The summed E-state index contributed by atoms with van der Waals surface area (Å²) in [6.45, 7) is 6.66. The van der Waals surface area contributed by atoms with Crippen molar-refractivity contribution in [3.8, 4) is 0 Å². The topological polar surface area (TPSA) is 12.5 Å². The van der Waals surface area contributed by atoms with Crippen molar-refractivity contribution in [1.29, 1.82) is 0 Å². The molecule has 0 spiro atoms. The lowest BCUT2D eigenvalue weighted by atomic mass is 10.1. The Kier molecular flexibility index (Phi) is 7.10. The monoisotopic (exact) mass is 275 g/mol. The van der Waals surface area contributed by atoms with E-state index in [0.29, 0.717) is 0 Å². The third-order valence-corrected chi connectivity index (χ3v) is 4.11. The number of likely N-dealkylation sites (tertiary alicyclic amines) is 1. The van der Waals surface area contributed by atoms with Gasteiger partial charge >= 0.3 is 0 Å². The number of ether oxygens (including phenoxy) is 1. The summed E-state index contributed by atoms with van der Waals surface area (Å²) in [7, 11) is 0. The Morgan fingerprint density at radius 2 is 1.80 bits per heavy atom. The maximum Gasteiger partial charge on any atom is 0.0951 e. The Bertz CT molecular complexity index is 346. The number of unbranched alkanes of at least 4 members (excludes halogenated alkanes) is 2. The summed E-state index contributed by atoms with van der Waals surface area (Å²) >= 11 is 0. The smallest absolute Gasteiger partial charge is 0.0951 e. The summed E-state index contributed by atoms with van der Waals surface area (Å²) in [6, 6.07) is 10.7. The zero-order chi connectivity index (χ0) is 14.0. The Morgan fingerprint density at radius 3 is 2.50 bits per heavy atom. The summed E-state index contributed by atoms with van der Waals surface area (Å²) in [5.41, 5.74) is 1.33. The third-order valence-electron chi connectivity index (χ3n) is 4.11. The van der Waals surface area contributed by atoms with Gasteiger partial charge in [-0.1, -0.05) is 56.5 Å². The van der Waals surface area contributed by atoms with Crippen LogP contribution >= 0.6 is 0 Å². The Balaban J connectivity index is 1.89. The number of hydrogen-bond acceptors (Lipinski definition) is 2. The molecule has 2 rings (SSSR count). The largest absolute Gasteiger partial charge is 0.372 e. The predicted molar refractivity (Wildman–Crippen MR) is 85.0 cm³/mol. The maximum atomic E-state index is 6.19. The van der Waals surface area contributed by atoms with Crippen molar-refractivity contribution in [3.05, 3.63) is 35.9 Å². The van der Waals surface area contributed by atoms with Gasteiger partial charge in [-0.3, -0.25) is 0 Å². The van der Waals surface area contributed by atoms with E-state index in [9.17, 15) is 0 Å². The van der Waals surface area contributed by atoms with E-state index in [1.54, 1.807) is 0 Å². The van der Waals surface area contributed by atoms with Crippen molar-refractivity contribution in [2.45, 2.75) is 51.6 Å². The minimum atomic E-state index is 0.242. The number of nitrogens with zero attached hydrogens (tertiary/aromatic N) is 1. The van der Waals surface area contributed by atoms with Crippen LogP contribution in [0.3, 0.4) is 0 Å². The highest BCUT2D eigenvalue weighted by molar-refractivity contribution is 5.18. The molecule has 1 heterocycles. The molecule has 0 N–H and O–H groups in total. The van der Waals surface area contributed by atoms with Crippen molar-refractivity contribution < 1.29 is 4.74 Å². The van der Waals surface area contributed by atoms with Crippen LogP contribution in [0, 0.1) is 0 Å². The minimum Gasteiger partial charge on any atom is -0.372 e. The first-order valence-electron chi connectivity index (χ1n) is 8.29. The standard InChI is InChI=1S/C18H29NO/c1-2-3-10-15-20-18(17-11-6-4-7-12-17)16-19-13-8-5-9-14-19/h4,6-7,11-12,18H,2-3,5,8-10,13-16H2,1H3. The summed E-state index contributed by atoms with van der Waals surface area (Å²) in [5, 5.41) is 0. The molecule has 0 saturated carbocycles. The molecule has 0 amide bonds. The molecule has 1 saturated heterocycles. The molecular formula is C18H29NO. The van der Waals surface area contributed by atoms with E-state index < -0.39 is 0 Å². The van der Waals surface area contributed by atoms with Crippen LogP contribution in [0.4, 0.5) is 0 Å². The minimum absolute atomic E-state index is 0.242. The second-order valence-electron chi connectivity index (χ2n) is 5.84. The maximum absolute atomic E-state index is 6.19. The van der Waals surface area contributed by atoms with Gasteiger partial charge in [0, 0.05) is 13.2 Å². The Hall–Kier alpha value is -0.860. The van der Waals surface area contributed by atoms with E-state index in [1.165, 1.54) is 57.2 Å². The SMILES string of the molecule is CCCCCOC(CN1CCCCC1)c1ccccc1. The van der Waals surface area contributed by atoms with E-state index in [1.807, 2.05) is 0 Å². The van der Waals surface area contributed by atoms with Gasteiger partial charge in [-0.15, -0.1) is 0 Å². The van der Waals surface area contributed by atoms with Crippen LogP contribution in [0.15, 0.2) is 30.3 Å². The molecular weight excluding hydrogens is 246 g/mol. The van der Waals surface area contributed by atoms with Crippen molar-refractivity contribution in [3.63, 3.8) is 0 Å². The summed E-state index contributed by atoms with van der Waals surface area (Å²) < 4.78 is 6.19.